The van der Waals surface area contributed by atoms with Crippen molar-refractivity contribution in [2.24, 2.45) is 0 Å². The van der Waals surface area contributed by atoms with E-state index < -0.39 is 0 Å². The lowest BCUT2D eigenvalue weighted by molar-refractivity contribution is 0.122. The highest BCUT2D eigenvalue weighted by molar-refractivity contribution is 5.73. The molecule has 1 N–H and O–H groups in total. The Morgan fingerprint density at radius 3 is 2.45 bits per heavy atom. The molecular formula is C15H15NO4. The van der Waals surface area contributed by atoms with E-state index >= 15 is 0 Å². The number of nitrogens with zero attached hydrogens (tertiary/aromatic N) is 1. The van der Waals surface area contributed by atoms with Crippen LogP contribution in [0.1, 0.15) is 0 Å². The molecule has 1 aliphatic heterocycles. The maximum Gasteiger partial charge on any atom is 0.208 e. The number of hydrogen-bond acceptors (Lipinski definition) is 5. The Morgan fingerprint density at radius 1 is 1.05 bits per heavy atom. The molecule has 3 rings (SSSR count). The maximum atomic E-state index is 12.2. The summed E-state index contributed by atoms with van der Waals surface area (Å²) in [5, 5.41) is 9.36. The molecule has 0 bridgehead atoms. The highest BCUT2D eigenvalue weighted by atomic mass is 16.5. The van der Waals surface area contributed by atoms with Gasteiger partial charge in [-0.05, 0) is 24.3 Å². The summed E-state index contributed by atoms with van der Waals surface area (Å²) in [6.07, 6.45) is 1.40. The van der Waals surface area contributed by atoms with E-state index in [0.29, 0.717) is 37.8 Å². The SMILES string of the molecule is O=c1ccoc(-c2ccc(O)cc2)c1N1CCOCC1. The van der Waals surface area contributed by atoms with Crippen LogP contribution in [0.15, 0.2) is 45.8 Å². The van der Waals surface area contributed by atoms with Gasteiger partial charge in [0.2, 0.25) is 5.43 Å². The lowest BCUT2D eigenvalue weighted by Gasteiger charge is -2.29. The first-order valence-corrected chi connectivity index (χ1v) is 6.49. The molecule has 2 aromatic rings. The Balaban J connectivity index is 2.08. The molecule has 0 aliphatic carbocycles. The zero-order valence-corrected chi connectivity index (χ0v) is 10.9. The largest absolute Gasteiger partial charge is 0.508 e. The Morgan fingerprint density at radius 2 is 1.75 bits per heavy atom. The summed E-state index contributed by atoms with van der Waals surface area (Å²) in [6.45, 7) is 2.53. The van der Waals surface area contributed by atoms with Crippen molar-refractivity contribution in [3.63, 3.8) is 0 Å². The molecule has 1 aromatic heterocycles. The lowest BCUT2D eigenvalue weighted by atomic mass is 10.1. The number of phenolic OH excluding ortho intramolecular Hbond substituents is 1. The van der Waals surface area contributed by atoms with E-state index in [1.807, 2.05) is 4.90 Å². The highest BCUT2D eigenvalue weighted by Gasteiger charge is 2.20. The topological polar surface area (TPSA) is 62.9 Å². The van der Waals surface area contributed by atoms with Crippen molar-refractivity contribution >= 4 is 5.69 Å². The average molecular weight is 273 g/mol. The maximum absolute atomic E-state index is 12.2. The second-order valence-electron chi connectivity index (χ2n) is 4.61. The minimum Gasteiger partial charge on any atom is -0.508 e. The van der Waals surface area contributed by atoms with Gasteiger partial charge in [0, 0.05) is 24.7 Å². The van der Waals surface area contributed by atoms with Gasteiger partial charge in [-0.15, -0.1) is 0 Å². The van der Waals surface area contributed by atoms with E-state index in [2.05, 4.69) is 0 Å². The second-order valence-corrected chi connectivity index (χ2v) is 4.61. The fourth-order valence-corrected chi connectivity index (χ4v) is 2.31. The predicted molar refractivity (Wildman–Crippen MR) is 75.1 cm³/mol. The second kappa shape index (κ2) is 5.38. The van der Waals surface area contributed by atoms with Crippen LogP contribution in [0.2, 0.25) is 0 Å². The van der Waals surface area contributed by atoms with Gasteiger partial charge in [-0.25, -0.2) is 0 Å². The molecule has 1 fully saturated rings. The van der Waals surface area contributed by atoms with Gasteiger partial charge < -0.3 is 19.2 Å². The van der Waals surface area contributed by atoms with E-state index in [1.54, 1.807) is 24.3 Å². The fourth-order valence-electron chi connectivity index (χ4n) is 2.31. The highest BCUT2D eigenvalue weighted by Crippen LogP contribution is 2.29. The molecule has 0 radical (unpaired) electrons. The van der Waals surface area contributed by atoms with Crippen molar-refractivity contribution < 1.29 is 14.3 Å². The van der Waals surface area contributed by atoms with Gasteiger partial charge >= 0.3 is 0 Å². The number of rotatable bonds is 2. The number of phenols is 1. The van der Waals surface area contributed by atoms with Crippen LogP contribution < -0.4 is 10.3 Å². The molecule has 0 saturated carbocycles. The zero-order chi connectivity index (χ0) is 13.9. The number of anilines is 1. The third-order valence-electron chi connectivity index (χ3n) is 3.31. The predicted octanol–water partition coefficient (Wildman–Crippen LogP) is 1.85. The summed E-state index contributed by atoms with van der Waals surface area (Å²) in [5.74, 6) is 0.708. The minimum atomic E-state index is -0.0683. The summed E-state index contributed by atoms with van der Waals surface area (Å²) in [4.78, 5) is 14.2. The van der Waals surface area contributed by atoms with E-state index in [4.69, 9.17) is 9.15 Å². The summed E-state index contributed by atoms with van der Waals surface area (Å²) in [7, 11) is 0. The quantitative estimate of drug-likeness (QED) is 0.904. The van der Waals surface area contributed by atoms with E-state index in [9.17, 15) is 9.90 Å². The normalized spacial score (nSPS) is 15.3. The van der Waals surface area contributed by atoms with Crippen LogP contribution in [0.5, 0.6) is 5.75 Å². The molecule has 20 heavy (non-hydrogen) atoms. The molecule has 5 nitrogen and oxygen atoms in total. The first-order valence-electron chi connectivity index (χ1n) is 6.49. The summed E-state index contributed by atoms with van der Waals surface area (Å²) < 4.78 is 10.9. The monoisotopic (exact) mass is 273 g/mol. The molecule has 2 heterocycles. The van der Waals surface area contributed by atoms with Crippen molar-refractivity contribution in [2.75, 3.05) is 31.2 Å². The summed E-state index contributed by atoms with van der Waals surface area (Å²) in [6, 6.07) is 8.04. The van der Waals surface area contributed by atoms with Crippen LogP contribution in [0.25, 0.3) is 11.3 Å². The molecule has 0 atom stereocenters. The standard InChI is InChI=1S/C15H15NO4/c17-12-3-1-11(2-4-12)15-14(13(18)5-8-20-15)16-6-9-19-10-7-16/h1-5,8,17H,6-7,9-10H2. The van der Waals surface area contributed by atoms with Gasteiger partial charge in [-0.1, -0.05) is 0 Å². The molecule has 1 saturated heterocycles. The summed E-state index contributed by atoms with van der Waals surface area (Å²) >= 11 is 0. The lowest BCUT2D eigenvalue weighted by Crippen LogP contribution is -2.39. The number of morpholine rings is 1. The van der Waals surface area contributed by atoms with Crippen LogP contribution in [-0.2, 0) is 4.74 Å². The van der Waals surface area contributed by atoms with Crippen molar-refractivity contribution in [3.8, 4) is 17.1 Å². The molecular weight excluding hydrogens is 258 g/mol. The Kier molecular flexibility index (Phi) is 3.43. The summed E-state index contributed by atoms with van der Waals surface area (Å²) in [5.41, 5.74) is 1.25. The smallest absolute Gasteiger partial charge is 0.208 e. The average Bonchev–Trinajstić information content (AvgIpc) is 2.49. The fraction of sp³-hybridized carbons (Fsp3) is 0.267. The molecule has 0 unspecified atom stereocenters. The first-order chi connectivity index (χ1) is 9.75. The number of ether oxygens (including phenoxy) is 1. The molecule has 104 valence electrons. The van der Waals surface area contributed by atoms with Crippen molar-refractivity contribution in [1.82, 2.24) is 0 Å². The molecule has 1 aliphatic rings. The molecule has 1 aromatic carbocycles. The van der Waals surface area contributed by atoms with Crippen LogP contribution in [-0.4, -0.2) is 31.4 Å². The molecule has 5 heteroatoms. The Bertz CT molecular complexity index is 642. The van der Waals surface area contributed by atoms with Crippen molar-refractivity contribution in [2.45, 2.75) is 0 Å². The van der Waals surface area contributed by atoms with E-state index in [0.717, 1.165) is 5.56 Å². The van der Waals surface area contributed by atoms with Crippen LogP contribution in [0.4, 0.5) is 5.69 Å². The van der Waals surface area contributed by atoms with Gasteiger partial charge in [0.15, 0.2) is 5.76 Å². The zero-order valence-electron chi connectivity index (χ0n) is 10.9. The van der Waals surface area contributed by atoms with E-state index in [1.165, 1.54) is 12.3 Å². The Hall–Kier alpha value is -2.27. The van der Waals surface area contributed by atoms with Gasteiger partial charge in [0.05, 0.1) is 19.5 Å². The van der Waals surface area contributed by atoms with Crippen LogP contribution >= 0.6 is 0 Å². The number of hydrogen-bond donors (Lipinski definition) is 1. The van der Waals surface area contributed by atoms with Crippen LogP contribution in [0, 0.1) is 0 Å². The van der Waals surface area contributed by atoms with Gasteiger partial charge in [0.25, 0.3) is 0 Å². The van der Waals surface area contributed by atoms with Gasteiger partial charge in [0.1, 0.15) is 11.4 Å². The molecule has 0 spiro atoms. The third-order valence-corrected chi connectivity index (χ3v) is 3.31. The van der Waals surface area contributed by atoms with Gasteiger partial charge in [-0.2, -0.15) is 0 Å². The Labute approximate surface area is 116 Å². The minimum absolute atomic E-state index is 0.0683. The van der Waals surface area contributed by atoms with Crippen molar-refractivity contribution in [3.05, 3.63) is 46.8 Å². The van der Waals surface area contributed by atoms with E-state index in [-0.39, 0.29) is 11.2 Å². The first kappa shape index (κ1) is 12.7. The number of aromatic hydroxyl groups is 1. The van der Waals surface area contributed by atoms with Gasteiger partial charge in [-0.3, -0.25) is 4.79 Å². The van der Waals surface area contributed by atoms with Crippen LogP contribution in [0.3, 0.4) is 0 Å². The van der Waals surface area contributed by atoms with Crippen molar-refractivity contribution in [1.29, 1.82) is 0 Å². The number of benzene rings is 1. The molecule has 0 amide bonds. The third kappa shape index (κ3) is 2.40.